The van der Waals surface area contributed by atoms with Gasteiger partial charge in [0.25, 0.3) is 0 Å². The van der Waals surface area contributed by atoms with Crippen molar-refractivity contribution in [3.8, 4) is 5.75 Å². The molecule has 0 aromatic heterocycles. The molecule has 3 rings (SSSR count). The number of phenols is 1. The number of carbonyl (C=O) groups is 3. The first-order chi connectivity index (χ1) is 19.5. The van der Waals surface area contributed by atoms with Gasteiger partial charge in [-0.15, -0.1) is 0 Å². The van der Waals surface area contributed by atoms with E-state index >= 15 is 0 Å². The molecule has 2 atom stereocenters. The minimum atomic E-state index is -1.16. The van der Waals surface area contributed by atoms with Gasteiger partial charge in [0.15, 0.2) is 0 Å². The Morgan fingerprint density at radius 3 is 2.10 bits per heavy atom. The van der Waals surface area contributed by atoms with Crippen LogP contribution in [-0.4, -0.2) is 57.8 Å². The summed E-state index contributed by atoms with van der Waals surface area (Å²) >= 11 is 0. The second kappa shape index (κ2) is 14.3. The Balaban J connectivity index is 2.00. The summed E-state index contributed by atoms with van der Waals surface area (Å²) in [7, 11) is 0. The van der Waals surface area contributed by atoms with Crippen molar-refractivity contribution in [1.82, 2.24) is 15.5 Å². The molecule has 3 aromatic carbocycles. The van der Waals surface area contributed by atoms with Gasteiger partial charge >= 0.3 is 6.09 Å². The van der Waals surface area contributed by atoms with E-state index in [4.69, 9.17) is 4.74 Å². The number of rotatable bonds is 11. The standard InChI is InChI=1S/C32H39N3O6/c1-22-19-25(15-16-27(22)37)28(29(38)33-21-24-13-9-6-10-14-24)35(17-18-36)30(39)26(20-23-11-7-5-8-12-23)34-31(40)41-32(2,3)4/h5-16,19,26,28,36-37H,17-18,20-21H2,1-4H3,(H,33,38)(H,34,40). The van der Waals surface area contributed by atoms with E-state index in [-0.39, 0.29) is 25.3 Å². The third-order valence-electron chi connectivity index (χ3n) is 6.30. The van der Waals surface area contributed by atoms with E-state index < -0.39 is 42.2 Å². The maximum absolute atomic E-state index is 14.2. The summed E-state index contributed by atoms with van der Waals surface area (Å²) in [5, 5.41) is 25.7. The van der Waals surface area contributed by atoms with E-state index in [2.05, 4.69) is 10.6 Å². The molecule has 0 saturated carbocycles. The Bertz CT molecular complexity index is 1310. The van der Waals surface area contributed by atoms with Crippen LogP contribution in [0.5, 0.6) is 5.75 Å². The number of aliphatic hydroxyl groups is 1. The Morgan fingerprint density at radius 2 is 1.54 bits per heavy atom. The van der Waals surface area contributed by atoms with Crippen LogP contribution in [0.1, 0.15) is 49.1 Å². The largest absolute Gasteiger partial charge is 0.508 e. The van der Waals surface area contributed by atoms with E-state index in [1.54, 1.807) is 39.8 Å². The van der Waals surface area contributed by atoms with Crippen LogP contribution in [0.2, 0.25) is 0 Å². The number of phenolic OH excluding ortho intramolecular Hbond substituents is 1. The number of aryl methyl sites for hydroxylation is 1. The fraction of sp³-hybridized carbons (Fsp3) is 0.344. The van der Waals surface area contributed by atoms with Crippen LogP contribution >= 0.6 is 0 Å². The number of amides is 3. The molecule has 218 valence electrons. The monoisotopic (exact) mass is 561 g/mol. The third-order valence-corrected chi connectivity index (χ3v) is 6.30. The number of aliphatic hydroxyl groups excluding tert-OH is 1. The Morgan fingerprint density at radius 1 is 0.927 bits per heavy atom. The third kappa shape index (κ3) is 9.36. The molecule has 0 bridgehead atoms. The highest BCUT2D eigenvalue weighted by molar-refractivity contribution is 5.92. The van der Waals surface area contributed by atoms with Gasteiger partial charge in [-0.2, -0.15) is 0 Å². The summed E-state index contributed by atoms with van der Waals surface area (Å²) in [5.41, 5.74) is 1.83. The first kappa shape index (κ1) is 31.2. The molecule has 0 saturated heterocycles. The first-order valence-corrected chi connectivity index (χ1v) is 13.5. The summed E-state index contributed by atoms with van der Waals surface area (Å²) in [6.07, 6.45) is -0.644. The molecule has 3 aromatic rings. The minimum absolute atomic E-state index is 0.0470. The number of nitrogens with zero attached hydrogens (tertiary/aromatic N) is 1. The Hall–Kier alpha value is -4.37. The zero-order chi connectivity index (χ0) is 30.0. The van der Waals surface area contributed by atoms with E-state index in [0.717, 1.165) is 11.1 Å². The second-order valence-corrected chi connectivity index (χ2v) is 10.8. The lowest BCUT2D eigenvalue weighted by atomic mass is 9.98. The van der Waals surface area contributed by atoms with Crippen LogP contribution in [0.3, 0.4) is 0 Å². The molecule has 0 heterocycles. The average molecular weight is 562 g/mol. The number of aromatic hydroxyl groups is 1. The van der Waals surface area contributed by atoms with Gasteiger partial charge in [-0.05, 0) is 62.1 Å². The van der Waals surface area contributed by atoms with Crippen molar-refractivity contribution in [2.24, 2.45) is 0 Å². The number of carbonyl (C=O) groups excluding carboxylic acids is 3. The van der Waals surface area contributed by atoms with Crippen molar-refractivity contribution < 1.29 is 29.3 Å². The van der Waals surface area contributed by atoms with Crippen LogP contribution in [0.15, 0.2) is 78.9 Å². The molecule has 0 spiro atoms. The van der Waals surface area contributed by atoms with E-state index in [1.807, 2.05) is 60.7 Å². The van der Waals surface area contributed by atoms with Gasteiger partial charge in [0, 0.05) is 19.5 Å². The molecule has 2 unspecified atom stereocenters. The SMILES string of the molecule is Cc1cc(C(C(=O)NCc2ccccc2)N(CCO)C(=O)C(Cc2ccccc2)NC(=O)OC(C)(C)C)ccc1O. The number of alkyl carbamates (subject to hydrolysis) is 1. The van der Waals surface area contributed by atoms with Crippen LogP contribution in [0.4, 0.5) is 4.79 Å². The van der Waals surface area contributed by atoms with Gasteiger partial charge < -0.3 is 30.5 Å². The predicted molar refractivity (Wildman–Crippen MR) is 156 cm³/mol. The number of benzene rings is 3. The van der Waals surface area contributed by atoms with Crippen LogP contribution < -0.4 is 10.6 Å². The first-order valence-electron chi connectivity index (χ1n) is 13.5. The molecule has 41 heavy (non-hydrogen) atoms. The number of hydrogen-bond donors (Lipinski definition) is 4. The van der Waals surface area contributed by atoms with Crippen molar-refractivity contribution in [1.29, 1.82) is 0 Å². The smallest absolute Gasteiger partial charge is 0.408 e. The van der Waals surface area contributed by atoms with Gasteiger partial charge in [0.2, 0.25) is 11.8 Å². The topological polar surface area (TPSA) is 128 Å². The maximum atomic E-state index is 14.2. The number of nitrogens with one attached hydrogen (secondary N) is 2. The highest BCUT2D eigenvalue weighted by atomic mass is 16.6. The van der Waals surface area contributed by atoms with Gasteiger partial charge in [0.05, 0.1) is 6.61 Å². The van der Waals surface area contributed by atoms with Gasteiger partial charge in [-0.25, -0.2) is 4.79 Å². The van der Waals surface area contributed by atoms with Gasteiger partial charge in [0.1, 0.15) is 23.4 Å². The molecule has 9 nitrogen and oxygen atoms in total. The predicted octanol–water partition coefficient (Wildman–Crippen LogP) is 4.02. The zero-order valence-electron chi connectivity index (χ0n) is 24.0. The second-order valence-electron chi connectivity index (χ2n) is 10.8. The summed E-state index contributed by atoms with van der Waals surface area (Å²) in [6.45, 7) is 6.48. The molecular formula is C32H39N3O6. The van der Waals surface area contributed by atoms with Crippen LogP contribution in [0.25, 0.3) is 0 Å². The minimum Gasteiger partial charge on any atom is -0.508 e. The molecule has 0 aliphatic carbocycles. The van der Waals surface area contributed by atoms with Crippen LogP contribution in [-0.2, 0) is 27.3 Å². The highest BCUT2D eigenvalue weighted by Gasteiger charge is 2.36. The molecule has 0 radical (unpaired) electrons. The lowest BCUT2D eigenvalue weighted by Crippen LogP contribution is -2.54. The maximum Gasteiger partial charge on any atom is 0.408 e. The summed E-state index contributed by atoms with van der Waals surface area (Å²) in [5.74, 6) is -0.999. The van der Waals surface area contributed by atoms with Gasteiger partial charge in [-0.3, -0.25) is 9.59 Å². The Labute approximate surface area is 241 Å². The molecule has 4 N–H and O–H groups in total. The highest BCUT2D eigenvalue weighted by Crippen LogP contribution is 2.27. The molecule has 0 aliphatic rings. The van der Waals surface area contributed by atoms with Crippen molar-refractivity contribution in [2.75, 3.05) is 13.2 Å². The summed E-state index contributed by atoms with van der Waals surface area (Å²) in [6, 6.07) is 20.9. The fourth-order valence-electron chi connectivity index (χ4n) is 4.38. The average Bonchev–Trinajstić information content (AvgIpc) is 2.93. The van der Waals surface area contributed by atoms with Crippen molar-refractivity contribution in [2.45, 2.75) is 58.3 Å². The molecular weight excluding hydrogens is 522 g/mol. The summed E-state index contributed by atoms with van der Waals surface area (Å²) in [4.78, 5) is 42.0. The number of hydrogen-bond acceptors (Lipinski definition) is 6. The normalized spacial score (nSPS) is 12.6. The zero-order valence-corrected chi connectivity index (χ0v) is 24.0. The van der Waals surface area contributed by atoms with Crippen molar-refractivity contribution in [3.05, 3.63) is 101 Å². The van der Waals surface area contributed by atoms with E-state index in [0.29, 0.717) is 11.1 Å². The Kier molecular flexibility index (Phi) is 10.9. The molecule has 0 aliphatic heterocycles. The molecule has 0 fully saturated rings. The number of ether oxygens (including phenoxy) is 1. The van der Waals surface area contributed by atoms with E-state index in [1.165, 1.54) is 11.0 Å². The quantitative estimate of drug-likeness (QED) is 0.280. The van der Waals surface area contributed by atoms with Crippen molar-refractivity contribution in [3.63, 3.8) is 0 Å². The van der Waals surface area contributed by atoms with Gasteiger partial charge in [-0.1, -0.05) is 66.7 Å². The molecule has 3 amide bonds. The summed E-state index contributed by atoms with van der Waals surface area (Å²) < 4.78 is 5.43. The van der Waals surface area contributed by atoms with Crippen LogP contribution in [0, 0.1) is 6.92 Å². The molecule has 9 heteroatoms. The lowest BCUT2D eigenvalue weighted by Gasteiger charge is -2.34. The van der Waals surface area contributed by atoms with E-state index in [9.17, 15) is 24.6 Å². The van der Waals surface area contributed by atoms with Crippen molar-refractivity contribution >= 4 is 17.9 Å². The fourth-order valence-corrected chi connectivity index (χ4v) is 4.38. The lowest BCUT2D eigenvalue weighted by molar-refractivity contribution is -0.143.